The van der Waals surface area contributed by atoms with E-state index in [0.29, 0.717) is 0 Å². The zero-order valence-electron chi connectivity index (χ0n) is 11.7. The van der Waals surface area contributed by atoms with E-state index in [-0.39, 0.29) is 5.75 Å². The van der Waals surface area contributed by atoms with Gasteiger partial charge in [0.1, 0.15) is 0 Å². The van der Waals surface area contributed by atoms with E-state index in [2.05, 4.69) is 6.92 Å². The Hall–Kier alpha value is -0.130. The Morgan fingerprint density at radius 1 is 1.22 bits per heavy atom. The average molecular weight is 275 g/mol. The molecule has 0 aromatic carbocycles. The van der Waals surface area contributed by atoms with Gasteiger partial charge in [0.05, 0.1) is 38.0 Å². The highest BCUT2D eigenvalue weighted by molar-refractivity contribution is 7.89. The molecule has 1 aliphatic carbocycles. The number of piperazine rings is 1. The summed E-state index contributed by atoms with van der Waals surface area (Å²) >= 11 is 0. The summed E-state index contributed by atoms with van der Waals surface area (Å²) in [6.07, 6.45) is 5.39. The van der Waals surface area contributed by atoms with E-state index in [1.165, 1.54) is 25.7 Å². The number of sulfonamides is 1. The Balaban J connectivity index is 1.86. The summed E-state index contributed by atoms with van der Waals surface area (Å²) in [5.74, 6) is 1.09. The maximum absolute atomic E-state index is 11.8. The Kier molecular flexibility index (Phi) is 4.67. The third-order valence-corrected chi connectivity index (χ3v) is 6.52. The van der Waals surface area contributed by atoms with Gasteiger partial charge < -0.3 is 4.90 Å². The lowest BCUT2D eigenvalue weighted by Crippen LogP contribution is -3.18. The van der Waals surface area contributed by atoms with Crippen molar-refractivity contribution in [1.29, 1.82) is 0 Å². The van der Waals surface area contributed by atoms with E-state index in [1.807, 2.05) is 0 Å². The van der Waals surface area contributed by atoms with Gasteiger partial charge in [0, 0.05) is 6.42 Å². The molecule has 2 aliphatic rings. The lowest BCUT2D eigenvalue weighted by atomic mass is 9.86. The fraction of sp³-hybridized carbons (Fsp3) is 1.00. The zero-order valence-corrected chi connectivity index (χ0v) is 12.5. The van der Waals surface area contributed by atoms with Crippen molar-refractivity contribution in [3.63, 3.8) is 0 Å². The normalized spacial score (nSPS) is 32.6. The molecule has 0 unspecified atom stereocenters. The van der Waals surface area contributed by atoms with E-state index in [1.54, 1.807) is 16.1 Å². The molecule has 2 atom stereocenters. The maximum Gasteiger partial charge on any atom is 0.214 e. The number of hydrogen-bond donors (Lipinski definition) is 1. The maximum atomic E-state index is 11.8. The van der Waals surface area contributed by atoms with Gasteiger partial charge in [-0.2, -0.15) is 4.31 Å². The summed E-state index contributed by atoms with van der Waals surface area (Å²) in [5, 5.41) is 0. The number of nitrogens with one attached hydrogen (secondary N) is 1. The molecule has 1 N–H and O–H groups in total. The smallest absolute Gasteiger partial charge is 0.214 e. The summed E-state index contributed by atoms with van der Waals surface area (Å²) in [4.78, 5) is 1.64. The van der Waals surface area contributed by atoms with Gasteiger partial charge >= 0.3 is 0 Å². The van der Waals surface area contributed by atoms with Gasteiger partial charge in [0.15, 0.2) is 0 Å². The summed E-state index contributed by atoms with van der Waals surface area (Å²) in [7, 11) is -2.97. The van der Waals surface area contributed by atoms with Crippen LogP contribution in [0.5, 0.6) is 0 Å². The first-order chi connectivity index (χ1) is 8.53. The predicted octanol–water partition coefficient (Wildman–Crippen LogP) is 0.115. The van der Waals surface area contributed by atoms with Crippen LogP contribution in [0.1, 0.15) is 39.5 Å². The number of rotatable bonds is 3. The van der Waals surface area contributed by atoms with Crippen molar-refractivity contribution in [3.05, 3.63) is 0 Å². The molecule has 0 aromatic rings. The molecule has 0 radical (unpaired) electrons. The zero-order chi connectivity index (χ0) is 13.2. The van der Waals surface area contributed by atoms with Gasteiger partial charge in [0.2, 0.25) is 10.0 Å². The monoisotopic (exact) mass is 275 g/mol. The first kappa shape index (κ1) is 14.3. The van der Waals surface area contributed by atoms with Crippen molar-refractivity contribution < 1.29 is 13.3 Å². The second-order valence-electron chi connectivity index (χ2n) is 5.93. The largest absolute Gasteiger partial charge is 0.330 e. The first-order valence-electron chi connectivity index (χ1n) is 7.35. The molecule has 1 heterocycles. The molecule has 2 fully saturated rings. The molecule has 18 heavy (non-hydrogen) atoms. The molecule has 2 rings (SSSR count). The predicted molar refractivity (Wildman–Crippen MR) is 73.2 cm³/mol. The number of quaternary nitrogens is 1. The van der Waals surface area contributed by atoms with Crippen LogP contribution in [-0.4, -0.2) is 50.7 Å². The quantitative estimate of drug-likeness (QED) is 0.795. The number of hydrogen-bond acceptors (Lipinski definition) is 2. The molecule has 0 aromatic heterocycles. The highest BCUT2D eigenvalue weighted by Crippen LogP contribution is 2.22. The minimum atomic E-state index is -2.97. The molecule has 0 spiro atoms. The third kappa shape index (κ3) is 3.25. The molecule has 0 bridgehead atoms. The van der Waals surface area contributed by atoms with Crippen LogP contribution in [0.2, 0.25) is 0 Å². The molecule has 1 saturated heterocycles. The summed E-state index contributed by atoms with van der Waals surface area (Å²) in [6, 6.07) is 0.778. The highest BCUT2D eigenvalue weighted by atomic mass is 32.2. The Morgan fingerprint density at radius 2 is 1.89 bits per heavy atom. The van der Waals surface area contributed by atoms with Crippen LogP contribution in [0.4, 0.5) is 0 Å². The summed E-state index contributed by atoms with van der Waals surface area (Å²) in [5.41, 5.74) is 0. The molecule has 106 valence electrons. The SMILES string of the molecule is CCS(=O)(=O)N1CC[NH+]([C@H]2CCC[C@@H](C)C2)CC1. The van der Waals surface area contributed by atoms with Crippen LogP contribution < -0.4 is 4.90 Å². The van der Waals surface area contributed by atoms with Crippen LogP contribution >= 0.6 is 0 Å². The molecule has 0 amide bonds. The average Bonchev–Trinajstić information content (AvgIpc) is 2.39. The standard InChI is InChI=1S/C13H26N2O2S/c1-3-18(16,17)15-9-7-14(8-10-15)13-6-4-5-12(2)11-13/h12-13H,3-11H2,1-2H3/p+1/t12-,13+/m1/s1. The fourth-order valence-electron chi connectivity index (χ4n) is 3.45. The molecule has 1 aliphatic heterocycles. The molecular weight excluding hydrogens is 248 g/mol. The van der Waals surface area contributed by atoms with Gasteiger partial charge in [-0.1, -0.05) is 13.3 Å². The van der Waals surface area contributed by atoms with Gasteiger partial charge in [-0.05, 0) is 25.7 Å². The third-order valence-electron chi connectivity index (χ3n) is 4.64. The summed E-state index contributed by atoms with van der Waals surface area (Å²) < 4.78 is 25.3. The van der Waals surface area contributed by atoms with Gasteiger partial charge in [-0.3, -0.25) is 0 Å². The lowest BCUT2D eigenvalue weighted by Gasteiger charge is -2.38. The second-order valence-corrected chi connectivity index (χ2v) is 8.18. The fourth-order valence-corrected chi connectivity index (χ4v) is 4.55. The van der Waals surface area contributed by atoms with E-state index in [0.717, 1.165) is 38.1 Å². The topological polar surface area (TPSA) is 41.8 Å². The van der Waals surface area contributed by atoms with Crippen molar-refractivity contribution in [2.24, 2.45) is 5.92 Å². The first-order valence-corrected chi connectivity index (χ1v) is 8.96. The van der Waals surface area contributed by atoms with Crippen LogP contribution in [0.15, 0.2) is 0 Å². The highest BCUT2D eigenvalue weighted by Gasteiger charge is 2.33. The number of nitrogens with zero attached hydrogens (tertiary/aromatic N) is 1. The molecular formula is C13H27N2O2S+. The van der Waals surface area contributed by atoms with Crippen LogP contribution in [0, 0.1) is 5.92 Å². The van der Waals surface area contributed by atoms with E-state index >= 15 is 0 Å². The Bertz CT molecular complexity index is 361. The summed E-state index contributed by atoms with van der Waals surface area (Å²) in [6.45, 7) is 7.51. The molecule has 4 nitrogen and oxygen atoms in total. The van der Waals surface area contributed by atoms with Crippen LogP contribution in [0.3, 0.4) is 0 Å². The molecule has 5 heteroatoms. The van der Waals surface area contributed by atoms with Crippen LogP contribution in [-0.2, 0) is 10.0 Å². The van der Waals surface area contributed by atoms with Crippen molar-refractivity contribution in [1.82, 2.24) is 4.31 Å². The van der Waals surface area contributed by atoms with Crippen molar-refractivity contribution in [3.8, 4) is 0 Å². The van der Waals surface area contributed by atoms with Crippen molar-refractivity contribution in [2.75, 3.05) is 31.9 Å². The minimum absolute atomic E-state index is 0.239. The second kappa shape index (κ2) is 5.88. The van der Waals surface area contributed by atoms with Crippen molar-refractivity contribution in [2.45, 2.75) is 45.6 Å². The van der Waals surface area contributed by atoms with Crippen LogP contribution in [0.25, 0.3) is 0 Å². The minimum Gasteiger partial charge on any atom is -0.330 e. The van der Waals surface area contributed by atoms with Gasteiger partial charge in [-0.25, -0.2) is 8.42 Å². The molecule has 1 saturated carbocycles. The van der Waals surface area contributed by atoms with Crippen molar-refractivity contribution >= 4 is 10.0 Å². The van der Waals surface area contributed by atoms with E-state index in [4.69, 9.17) is 0 Å². The Labute approximate surface area is 111 Å². The van der Waals surface area contributed by atoms with E-state index < -0.39 is 10.0 Å². The van der Waals surface area contributed by atoms with Gasteiger partial charge in [-0.15, -0.1) is 0 Å². The van der Waals surface area contributed by atoms with Gasteiger partial charge in [0.25, 0.3) is 0 Å². The van der Waals surface area contributed by atoms with E-state index in [9.17, 15) is 8.42 Å². The lowest BCUT2D eigenvalue weighted by molar-refractivity contribution is -0.930. The Morgan fingerprint density at radius 3 is 2.44 bits per heavy atom.